The second-order valence-corrected chi connectivity index (χ2v) is 5.65. The predicted octanol–water partition coefficient (Wildman–Crippen LogP) is 6.02. The molecule has 0 amide bonds. The van der Waals surface area contributed by atoms with Crippen molar-refractivity contribution in [2.24, 2.45) is 0 Å². The Balaban J connectivity index is 2.42. The average Bonchev–Trinajstić information content (AvgIpc) is 2.32. The molecule has 0 saturated heterocycles. The molecule has 2 aromatic rings. The molecule has 0 aliphatic heterocycles. The van der Waals surface area contributed by atoms with Crippen LogP contribution in [0.15, 0.2) is 24.3 Å². The van der Waals surface area contributed by atoms with Crippen molar-refractivity contribution in [1.29, 1.82) is 0 Å². The third-order valence-corrected chi connectivity index (χ3v) is 3.95. The normalized spacial score (nSPS) is 10.6. The van der Waals surface area contributed by atoms with Gasteiger partial charge in [-0.25, -0.2) is 0 Å². The minimum absolute atomic E-state index is 0.758. The number of aryl methyl sites for hydroxylation is 4. The van der Waals surface area contributed by atoms with Crippen molar-refractivity contribution in [2.45, 2.75) is 27.7 Å². The topological polar surface area (TPSA) is 9.23 Å². The van der Waals surface area contributed by atoms with Crippen LogP contribution in [0.2, 0.25) is 10.0 Å². The van der Waals surface area contributed by atoms with Gasteiger partial charge >= 0.3 is 0 Å². The fourth-order valence-electron chi connectivity index (χ4n) is 1.85. The van der Waals surface area contributed by atoms with Gasteiger partial charge in [0.25, 0.3) is 0 Å². The Bertz CT molecular complexity index is 578. The molecule has 0 radical (unpaired) electrons. The van der Waals surface area contributed by atoms with Gasteiger partial charge in [0, 0.05) is 10.0 Å². The van der Waals surface area contributed by atoms with Gasteiger partial charge in [0.1, 0.15) is 11.5 Å². The molecular weight excluding hydrogens is 279 g/mol. The highest BCUT2D eigenvalue weighted by molar-refractivity contribution is 6.31. The van der Waals surface area contributed by atoms with E-state index in [0.29, 0.717) is 0 Å². The summed E-state index contributed by atoms with van der Waals surface area (Å²) in [6.07, 6.45) is 0. The van der Waals surface area contributed by atoms with Gasteiger partial charge < -0.3 is 4.74 Å². The Morgan fingerprint density at radius 2 is 1.00 bits per heavy atom. The van der Waals surface area contributed by atoms with Gasteiger partial charge in [0.05, 0.1) is 0 Å². The maximum absolute atomic E-state index is 6.09. The predicted molar refractivity (Wildman–Crippen MR) is 81.9 cm³/mol. The molecule has 0 spiro atoms. The average molecular weight is 295 g/mol. The summed E-state index contributed by atoms with van der Waals surface area (Å²) >= 11 is 12.2. The third kappa shape index (κ3) is 3.05. The fraction of sp³-hybridized carbons (Fsp3) is 0.250. The fourth-order valence-corrected chi connectivity index (χ4v) is 2.28. The van der Waals surface area contributed by atoms with Gasteiger partial charge in [0.2, 0.25) is 0 Å². The highest BCUT2D eigenvalue weighted by Gasteiger charge is 2.09. The first-order chi connectivity index (χ1) is 8.88. The highest BCUT2D eigenvalue weighted by atomic mass is 35.5. The summed E-state index contributed by atoms with van der Waals surface area (Å²) in [5.41, 5.74) is 4.04. The molecule has 3 heteroatoms. The van der Waals surface area contributed by atoms with Crippen molar-refractivity contribution in [2.75, 3.05) is 0 Å². The van der Waals surface area contributed by atoms with Crippen LogP contribution in [-0.4, -0.2) is 0 Å². The summed E-state index contributed by atoms with van der Waals surface area (Å²) in [4.78, 5) is 0. The first-order valence-corrected chi connectivity index (χ1v) is 6.85. The van der Waals surface area contributed by atoms with Crippen molar-refractivity contribution in [1.82, 2.24) is 0 Å². The minimum Gasteiger partial charge on any atom is -0.457 e. The lowest BCUT2D eigenvalue weighted by Crippen LogP contribution is -1.93. The van der Waals surface area contributed by atoms with Crippen molar-refractivity contribution >= 4 is 23.2 Å². The molecule has 0 heterocycles. The summed E-state index contributed by atoms with van der Waals surface area (Å²) in [6, 6.07) is 7.76. The summed E-state index contributed by atoms with van der Waals surface area (Å²) in [7, 11) is 0. The van der Waals surface area contributed by atoms with E-state index in [1.807, 2.05) is 52.0 Å². The van der Waals surface area contributed by atoms with Gasteiger partial charge in [-0.1, -0.05) is 23.2 Å². The molecule has 0 fully saturated rings. The second-order valence-electron chi connectivity index (χ2n) is 4.84. The van der Waals surface area contributed by atoms with Crippen LogP contribution < -0.4 is 4.74 Å². The van der Waals surface area contributed by atoms with E-state index in [9.17, 15) is 0 Å². The Kier molecular flexibility index (Phi) is 4.07. The SMILES string of the molecule is Cc1cc(Oc2cc(C)c(Cl)cc2C)c(C)cc1Cl. The molecule has 2 rings (SSSR count). The van der Waals surface area contributed by atoms with Gasteiger partial charge in [-0.3, -0.25) is 0 Å². The van der Waals surface area contributed by atoms with E-state index in [-0.39, 0.29) is 0 Å². The Morgan fingerprint density at radius 3 is 1.37 bits per heavy atom. The van der Waals surface area contributed by atoms with E-state index < -0.39 is 0 Å². The number of benzene rings is 2. The van der Waals surface area contributed by atoms with Gasteiger partial charge in [-0.2, -0.15) is 0 Å². The molecule has 1 nitrogen and oxygen atoms in total. The maximum atomic E-state index is 6.09. The lowest BCUT2D eigenvalue weighted by Gasteiger charge is -2.14. The molecule has 0 bridgehead atoms. The van der Waals surface area contributed by atoms with Crippen molar-refractivity contribution < 1.29 is 4.74 Å². The van der Waals surface area contributed by atoms with E-state index in [0.717, 1.165) is 43.8 Å². The molecule has 0 saturated carbocycles. The molecule has 0 atom stereocenters. The number of hydrogen-bond donors (Lipinski definition) is 0. The van der Waals surface area contributed by atoms with Crippen LogP contribution in [0.4, 0.5) is 0 Å². The quantitative estimate of drug-likeness (QED) is 0.658. The van der Waals surface area contributed by atoms with Crippen LogP contribution in [0, 0.1) is 27.7 Å². The third-order valence-electron chi connectivity index (χ3n) is 3.13. The first-order valence-electron chi connectivity index (χ1n) is 6.10. The zero-order chi connectivity index (χ0) is 14.2. The van der Waals surface area contributed by atoms with Crippen LogP contribution in [0.5, 0.6) is 11.5 Å². The van der Waals surface area contributed by atoms with Gasteiger partial charge in [0.15, 0.2) is 0 Å². The molecule has 19 heavy (non-hydrogen) atoms. The van der Waals surface area contributed by atoms with Crippen LogP contribution >= 0.6 is 23.2 Å². The summed E-state index contributed by atoms with van der Waals surface area (Å²) in [6.45, 7) is 7.90. The van der Waals surface area contributed by atoms with E-state index in [4.69, 9.17) is 27.9 Å². The number of ether oxygens (including phenoxy) is 1. The van der Waals surface area contributed by atoms with Crippen molar-refractivity contribution in [3.05, 3.63) is 56.6 Å². The second kappa shape index (κ2) is 5.44. The van der Waals surface area contributed by atoms with E-state index >= 15 is 0 Å². The lowest BCUT2D eigenvalue weighted by molar-refractivity contribution is 0.474. The smallest absolute Gasteiger partial charge is 0.130 e. The van der Waals surface area contributed by atoms with Crippen LogP contribution in [0.25, 0.3) is 0 Å². The van der Waals surface area contributed by atoms with E-state index in [2.05, 4.69) is 0 Å². The monoisotopic (exact) mass is 294 g/mol. The standard InChI is InChI=1S/C16H16Cl2O/c1-9-7-15(11(3)5-13(9)17)19-16-8-10(2)14(18)6-12(16)4/h5-8H,1-4H3. The van der Waals surface area contributed by atoms with Crippen molar-refractivity contribution in [3.63, 3.8) is 0 Å². The van der Waals surface area contributed by atoms with Gasteiger partial charge in [-0.05, 0) is 74.2 Å². The zero-order valence-corrected chi connectivity index (χ0v) is 13.0. The van der Waals surface area contributed by atoms with Crippen LogP contribution in [0.1, 0.15) is 22.3 Å². The van der Waals surface area contributed by atoms with Gasteiger partial charge in [-0.15, -0.1) is 0 Å². The van der Waals surface area contributed by atoms with Crippen LogP contribution in [-0.2, 0) is 0 Å². The minimum atomic E-state index is 0.758. The molecule has 0 aliphatic rings. The summed E-state index contributed by atoms with van der Waals surface area (Å²) < 4.78 is 5.99. The first kappa shape index (κ1) is 14.2. The van der Waals surface area contributed by atoms with Crippen LogP contribution in [0.3, 0.4) is 0 Å². The molecule has 0 aromatic heterocycles. The maximum Gasteiger partial charge on any atom is 0.130 e. The van der Waals surface area contributed by atoms with E-state index in [1.54, 1.807) is 0 Å². The zero-order valence-electron chi connectivity index (χ0n) is 11.5. The summed E-state index contributed by atoms with van der Waals surface area (Å²) in [5, 5.41) is 1.52. The number of rotatable bonds is 2. The Morgan fingerprint density at radius 1 is 0.632 bits per heavy atom. The molecule has 100 valence electrons. The largest absolute Gasteiger partial charge is 0.457 e. The Labute approximate surface area is 124 Å². The molecule has 2 aromatic carbocycles. The molecule has 0 aliphatic carbocycles. The lowest BCUT2D eigenvalue weighted by atomic mass is 10.1. The summed E-state index contributed by atoms with van der Waals surface area (Å²) in [5.74, 6) is 1.65. The highest BCUT2D eigenvalue weighted by Crippen LogP contribution is 2.33. The van der Waals surface area contributed by atoms with E-state index in [1.165, 1.54) is 0 Å². The molecular formula is C16H16Cl2O. The van der Waals surface area contributed by atoms with Crippen molar-refractivity contribution in [3.8, 4) is 11.5 Å². The number of hydrogen-bond acceptors (Lipinski definition) is 1. The number of halogens is 2. The molecule has 0 unspecified atom stereocenters. The Hall–Kier alpha value is -1.18. The molecule has 0 N–H and O–H groups in total.